The fraction of sp³-hybridized carbons (Fsp3) is 0.529. The fourth-order valence-corrected chi connectivity index (χ4v) is 3.93. The summed E-state index contributed by atoms with van der Waals surface area (Å²) in [5.41, 5.74) is 0.440. The maximum atomic E-state index is 15.1. The maximum absolute atomic E-state index is 15.1. The molecule has 1 aromatic carbocycles. The number of aliphatic imine (C=N–C) groups is 1. The van der Waals surface area contributed by atoms with Crippen LogP contribution in [-0.4, -0.2) is 59.8 Å². The summed E-state index contributed by atoms with van der Waals surface area (Å²) in [6.07, 6.45) is -3.24. The maximum Gasteiger partial charge on any atom is 0.161 e. The molecule has 0 unspecified atom stereocenters. The highest BCUT2D eigenvalue weighted by Gasteiger charge is 2.52. The van der Waals surface area contributed by atoms with Crippen molar-refractivity contribution in [3.05, 3.63) is 35.9 Å². The lowest BCUT2D eigenvalue weighted by molar-refractivity contribution is -0.172. The highest BCUT2D eigenvalue weighted by atomic mass is 32.2. The average Bonchev–Trinajstić information content (AvgIpc) is 2.99. The zero-order valence-corrected chi connectivity index (χ0v) is 14.7. The molecule has 5 atom stereocenters. The van der Waals surface area contributed by atoms with Crippen LogP contribution in [0.4, 0.5) is 4.39 Å². The van der Waals surface area contributed by atoms with Crippen molar-refractivity contribution in [1.29, 1.82) is 0 Å². The third-order valence-corrected chi connectivity index (χ3v) is 5.35. The molecule has 0 saturated carbocycles. The summed E-state index contributed by atoms with van der Waals surface area (Å²) in [6.45, 7) is 1.64. The van der Waals surface area contributed by atoms with Crippen LogP contribution in [0.25, 0.3) is 0 Å². The van der Waals surface area contributed by atoms with E-state index >= 15 is 4.39 Å². The standard InChI is InChI=1S/C17H21FN2O3S/c1-10(21)14-15(22-9-11-7-5-4-6-8-11)12(18)13-16(23-14)24-17(19-13)20(2)3/h4-8,12-16H,9H2,1-3H3/t12-,13-,14-,15+,16-/m1/s1. The van der Waals surface area contributed by atoms with Gasteiger partial charge < -0.3 is 14.4 Å². The molecule has 1 saturated heterocycles. The molecule has 3 rings (SSSR count). The van der Waals surface area contributed by atoms with E-state index in [1.54, 1.807) is 0 Å². The number of alkyl halides is 1. The van der Waals surface area contributed by atoms with Crippen molar-refractivity contribution in [3.63, 3.8) is 0 Å². The van der Waals surface area contributed by atoms with Crippen LogP contribution in [0.1, 0.15) is 12.5 Å². The van der Waals surface area contributed by atoms with Gasteiger partial charge in [0, 0.05) is 14.1 Å². The fourth-order valence-electron chi connectivity index (χ4n) is 2.80. The normalized spacial score (nSPS) is 32.2. The molecule has 2 aliphatic rings. The van der Waals surface area contributed by atoms with Crippen LogP contribution < -0.4 is 0 Å². The minimum absolute atomic E-state index is 0.229. The number of hydrogen-bond acceptors (Lipinski definition) is 6. The second-order valence-corrected chi connectivity index (χ2v) is 7.22. The van der Waals surface area contributed by atoms with Crippen molar-refractivity contribution in [2.75, 3.05) is 14.1 Å². The van der Waals surface area contributed by atoms with E-state index in [9.17, 15) is 4.79 Å². The molecule has 0 bridgehead atoms. The first kappa shape index (κ1) is 17.4. The Morgan fingerprint density at radius 1 is 1.38 bits per heavy atom. The van der Waals surface area contributed by atoms with Gasteiger partial charge in [-0.15, -0.1) is 0 Å². The molecule has 130 valence electrons. The Hall–Kier alpha value is -1.44. The Kier molecular flexibility index (Phi) is 5.22. The van der Waals surface area contributed by atoms with Gasteiger partial charge in [-0.2, -0.15) is 0 Å². The second-order valence-electron chi connectivity index (χ2n) is 6.16. The van der Waals surface area contributed by atoms with Crippen molar-refractivity contribution in [2.45, 2.75) is 43.4 Å². The third kappa shape index (κ3) is 3.48. The molecule has 1 fully saturated rings. The van der Waals surface area contributed by atoms with Crippen LogP contribution in [0.3, 0.4) is 0 Å². The third-order valence-electron chi connectivity index (χ3n) is 4.05. The molecule has 5 nitrogen and oxygen atoms in total. The number of halogens is 1. The summed E-state index contributed by atoms with van der Waals surface area (Å²) in [5.74, 6) is -0.229. The molecular weight excluding hydrogens is 331 g/mol. The van der Waals surface area contributed by atoms with Gasteiger partial charge in [-0.3, -0.25) is 9.79 Å². The molecule has 2 heterocycles. The van der Waals surface area contributed by atoms with E-state index in [0.717, 1.165) is 5.56 Å². The zero-order valence-electron chi connectivity index (χ0n) is 13.9. The first-order valence-corrected chi connectivity index (χ1v) is 8.72. The van der Waals surface area contributed by atoms with E-state index in [0.29, 0.717) is 5.17 Å². The molecule has 2 aliphatic heterocycles. The number of carbonyl (C=O) groups excluding carboxylic acids is 1. The average molecular weight is 352 g/mol. The topological polar surface area (TPSA) is 51.1 Å². The Morgan fingerprint density at radius 2 is 2.08 bits per heavy atom. The Bertz CT molecular complexity index is 626. The molecular formula is C17H21FN2O3S. The van der Waals surface area contributed by atoms with Crippen molar-refractivity contribution >= 4 is 22.7 Å². The zero-order chi connectivity index (χ0) is 17.3. The lowest BCUT2D eigenvalue weighted by Crippen LogP contribution is -2.56. The number of fused-ring (bicyclic) bond motifs is 1. The number of carbonyl (C=O) groups is 1. The minimum atomic E-state index is -1.38. The minimum Gasteiger partial charge on any atom is -0.367 e. The summed E-state index contributed by atoms with van der Waals surface area (Å²) >= 11 is 1.35. The van der Waals surface area contributed by atoms with E-state index in [-0.39, 0.29) is 12.4 Å². The van der Waals surface area contributed by atoms with Crippen LogP contribution >= 0.6 is 11.8 Å². The van der Waals surface area contributed by atoms with E-state index in [1.807, 2.05) is 49.3 Å². The number of hydrogen-bond donors (Lipinski definition) is 0. The van der Waals surface area contributed by atoms with Gasteiger partial charge in [0.25, 0.3) is 0 Å². The van der Waals surface area contributed by atoms with Crippen molar-refractivity contribution in [3.8, 4) is 0 Å². The van der Waals surface area contributed by atoms with E-state index in [2.05, 4.69) is 4.99 Å². The molecule has 0 aromatic heterocycles. The SMILES string of the molecule is CC(=O)[C@H]1O[C@@H]2SC(N(C)C)=N[C@@H]2[C@@H](F)[C@@H]1OCc1ccccc1. The highest BCUT2D eigenvalue weighted by Crippen LogP contribution is 2.39. The Morgan fingerprint density at radius 3 is 2.71 bits per heavy atom. The largest absolute Gasteiger partial charge is 0.367 e. The molecule has 0 aliphatic carbocycles. The van der Waals surface area contributed by atoms with Gasteiger partial charge >= 0.3 is 0 Å². The van der Waals surface area contributed by atoms with Crippen LogP contribution in [-0.2, 0) is 20.9 Å². The van der Waals surface area contributed by atoms with E-state index < -0.39 is 29.9 Å². The van der Waals surface area contributed by atoms with Crippen molar-refractivity contribution in [1.82, 2.24) is 4.90 Å². The van der Waals surface area contributed by atoms with Crippen LogP contribution in [0.5, 0.6) is 0 Å². The predicted molar refractivity (Wildman–Crippen MR) is 91.8 cm³/mol. The van der Waals surface area contributed by atoms with Crippen LogP contribution in [0.15, 0.2) is 35.3 Å². The van der Waals surface area contributed by atoms with Crippen LogP contribution in [0.2, 0.25) is 0 Å². The molecule has 7 heteroatoms. The van der Waals surface area contributed by atoms with Gasteiger partial charge in [0.1, 0.15) is 23.7 Å². The number of ether oxygens (including phenoxy) is 2. The summed E-state index contributed by atoms with van der Waals surface area (Å²) in [5, 5.41) is 0.707. The van der Waals surface area contributed by atoms with Crippen LogP contribution in [0, 0.1) is 0 Å². The number of nitrogens with zero attached hydrogens (tertiary/aromatic N) is 2. The summed E-state index contributed by atoms with van der Waals surface area (Å²) in [4.78, 5) is 18.2. The summed E-state index contributed by atoms with van der Waals surface area (Å²) in [7, 11) is 3.70. The smallest absolute Gasteiger partial charge is 0.161 e. The first-order chi connectivity index (χ1) is 11.5. The van der Waals surface area contributed by atoms with Crippen molar-refractivity contribution in [2.24, 2.45) is 4.99 Å². The highest BCUT2D eigenvalue weighted by molar-refractivity contribution is 8.14. The first-order valence-electron chi connectivity index (χ1n) is 7.84. The Labute approximate surface area is 145 Å². The number of benzene rings is 1. The van der Waals surface area contributed by atoms with Gasteiger partial charge in [-0.25, -0.2) is 4.39 Å². The lowest BCUT2D eigenvalue weighted by atomic mass is 9.97. The number of amidine groups is 1. The number of Topliss-reactive ketones (excluding diaryl/α,β-unsaturated/α-hetero) is 1. The quantitative estimate of drug-likeness (QED) is 0.832. The van der Waals surface area contributed by atoms with Gasteiger partial charge in [-0.05, 0) is 12.5 Å². The monoisotopic (exact) mass is 352 g/mol. The molecule has 0 N–H and O–H groups in total. The molecule has 24 heavy (non-hydrogen) atoms. The van der Waals surface area contributed by atoms with E-state index in [4.69, 9.17) is 9.47 Å². The predicted octanol–water partition coefficient (Wildman–Crippen LogP) is 2.26. The molecule has 0 amide bonds. The van der Waals surface area contributed by atoms with Gasteiger partial charge in [0.2, 0.25) is 0 Å². The number of thioether (sulfide) groups is 1. The lowest BCUT2D eigenvalue weighted by Gasteiger charge is -2.38. The molecule has 0 spiro atoms. The van der Waals surface area contributed by atoms with Crippen molar-refractivity contribution < 1.29 is 18.7 Å². The van der Waals surface area contributed by atoms with E-state index in [1.165, 1.54) is 18.7 Å². The second kappa shape index (κ2) is 7.21. The molecule has 1 aromatic rings. The number of rotatable bonds is 4. The number of ketones is 1. The van der Waals surface area contributed by atoms with Gasteiger partial charge in [0.15, 0.2) is 17.1 Å². The molecule has 0 radical (unpaired) electrons. The van der Waals surface area contributed by atoms with Gasteiger partial charge in [-0.1, -0.05) is 42.1 Å². The summed E-state index contributed by atoms with van der Waals surface area (Å²) in [6, 6.07) is 8.84. The Balaban J connectivity index is 1.76. The van der Waals surface area contributed by atoms with Gasteiger partial charge in [0.05, 0.1) is 6.61 Å². The summed E-state index contributed by atoms with van der Waals surface area (Å²) < 4.78 is 26.6.